The molecular formula is C13H19NS. The largest absolute Gasteiger partial charge is 0.307 e. The van der Waals surface area contributed by atoms with Crippen LogP contribution in [0, 0.1) is 6.92 Å². The summed E-state index contributed by atoms with van der Waals surface area (Å²) in [6.45, 7) is 4.39. The second kappa shape index (κ2) is 5.04. The lowest BCUT2D eigenvalue weighted by atomic mass is 10.1. The molecule has 82 valence electrons. The molecule has 0 amide bonds. The normalized spacial score (nSPS) is 22.9. The van der Waals surface area contributed by atoms with Crippen LogP contribution in [0.5, 0.6) is 0 Å². The lowest BCUT2D eigenvalue weighted by Gasteiger charge is -2.19. The van der Waals surface area contributed by atoms with Crippen molar-refractivity contribution >= 4 is 11.8 Å². The molecule has 1 heterocycles. The SMILES string of the molecule is Cc1ccc(C(C)NC2CCSC2)cc1. The first-order chi connectivity index (χ1) is 7.25. The molecular weight excluding hydrogens is 202 g/mol. The first kappa shape index (κ1) is 11.0. The molecule has 0 aromatic heterocycles. The van der Waals surface area contributed by atoms with Crippen molar-refractivity contribution in [2.45, 2.75) is 32.4 Å². The maximum Gasteiger partial charge on any atom is 0.0294 e. The summed E-state index contributed by atoms with van der Waals surface area (Å²) >= 11 is 2.06. The summed E-state index contributed by atoms with van der Waals surface area (Å²) in [5, 5.41) is 3.69. The van der Waals surface area contributed by atoms with Crippen LogP contribution in [0.1, 0.15) is 30.5 Å². The molecule has 1 nitrogen and oxygen atoms in total. The van der Waals surface area contributed by atoms with E-state index in [9.17, 15) is 0 Å². The molecule has 0 saturated carbocycles. The summed E-state index contributed by atoms with van der Waals surface area (Å²) in [4.78, 5) is 0. The molecule has 0 bridgehead atoms. The quantitative estimate of drug-likeness (QED) is 0.841. The molecule has 1 aliphatic heterocycles. The predicted octanol–water partition coefficient (Wildman–Crippen LogP) is 3.15. The summed E-state index contributed by atoms with van der Waals surface area (Å²) in [7, 11) is 0. The van der Waals surface area contributed by atoms with Crippen molar-refractivity contribution in [1.29, 1.82) is 0 Å². The number of benzene rings is 1. The van der Waals surface area contributed by atoms with Gasteiger partial charge in [-0.2, -0.15) is 11.8 Å². The summed E-state index contributed by atoms with van der Waals surface area (Å²) in [5.74, 6) is 2.59. The number of hydrogen-bond donors (Lipinski definition) is 1. The molecule has 1 saturated heterocycles. The van der Waals surface area contributed by atoms with Gasteiger partial charge in [0.1, 0.15) is 0 Å². The fraction of sp³-hybridized carbons (Fsp3) is 0.538. The molecule has 1 N–H and O–H groups in total. The molecule has 0 spiro atoms. The van der Waals surface area contributed by atoms with E-state index >= 15 is 0 Å². The first-order valence-electron chi connectivity index (χ1n) is 5.66. The van der Waals surface area contributed by atoms with Gasteiger partial charge < -0.3 is 5.32 Å². The summed E-state index contributed by atoms with van der Waals surface area (Å²) in [5.41, 5.74) is 2.74. The zero-order chi connectivity index (χ0) is 10.7. The zero-order valence-electron chi connectivity index (χ0n) is 9.49. The molecule has 0 radical (unpaired) electrons. The Morgan fingerprint density at radius 2 is 2.07 bits per heavy atom. The van der Waals surface area contributed by atoms with Gasteiger partial charge in [0, 0.05) is 17.8 Å². The van der Waals surface area contributed by atoms with Crippen LogP contribution in [-0.4, -0.2) is 17.5 Å². The standard InChI is InChI=1S/C13H19NS/c1-10-3-5-12(6-4-10)11(2)14-13-7-8-15-9-13/h3-6,11,13-14H,7-9H2,1-2H3. The smallest absolute Gasteiger partial charge is 0.0294 e. The third-order valence-corrected chi connectivity index (χ3v) is 4.16. The van der Waals surface area contributed by atoms with E-state index in [1.165, 1.54) is 29.1 Å². The van der Waals surface area contributed by atoms with E-state index in [-0.39, 0.29) is 0 Å². The van der Waals surface area contributed by atoms with Gasteiger partial charge in [-0.05, 0) is 31.6 Å². The average Bonchev–Trinajstić information content (AvgIpc) is 2.71. The zero-order valence-corrected chi connectivity index (χ0v) is 10.3. The molecule has 1 aromatic rings. The van der Waals surface area contributed by atoms with Gasteiger partial charge in [-0.25, -0.2) is 0 Å². The van der Waals surface area contributed by atoms with Crippen molar-refractivity contribution in [2.75, 3.05) is 11.5 Å². The Balaban J connectivity index is 1.94. The van der Waals surface area contributed by atoms with Crippen LogP contribution >= 0.6 is 11.8 Å². The number of hydrogen-bond acceptors (Lipinski definition) is 2. The molecule has 2 rings (SSSR count). The van der Waals surface area contributed by atoms with Crippen LogP contribution in [0.4, 0.5) is 0 Å². The van der Waals surface area contributed by atoms with E-state index < -0.39 is 0 Å². The highest BCUT2D eigenvalue weighted by atomic mass is 32.2. The second-order valence-electron chi connectivity index (χ2n) is 4.36. The Morgan fingerprint density at radius 1 is 1.33 bits per heavy atom. The highest BCUT2D eigenvalue weighted by Crippen LogP contribution is 2.21. The second-order valence-corrected chi connectivity index (χ2v) is 5.51. The van der Waals surface area contributed by atoms with Gasteiger partial charge in [0.25, 0.3) is 0 Å². The van der Waals surface area contributed by atoms with Crippen LogP contribution in [0.25, 0.3) is 0 Å². The van der Waals surface area contributed by atoms with Crippen LogP contribution < -0.4 is 5.32 Å². The minimum Gasteiger partial charge on any atom is -0.307 e. The predicted molar refractivity (Wildman–Crippen MR) is 68.5 cm³/mol. The lowest BCUT2D eigenvalue weighted by Crippen LogP contribution is -2.31. The average molecular weight is 221 g/mol. The van der Waals surface area contributed by atoms with E-state index in [1.807, 2.05) is 0 Å². The van der Waals surface area contributed by atoms with Gasteiger partial charge in [0.15, 0.2) is 0 Å². The van der Waals surface area contributed by atoms with Crippen molar-refractivity contribution in [2.24, 2.45) is 0 Å². The van der Waals surface area contributed by atoms with Crippen LogP contribution in [0.15, 0.2) is 24.3 Å². The fourth-order valence-electron chi connectivity index (χ4n) is 1.97. The Bertz CT molecular complexity index is 301. The summed E-state index contributed by atoms with van der Waals surface area (Å²) < 4.78 is 0. The van der Waals surface area contributed by atoms with Crippen molar-refractivity contribution in [3.63, 3.8) is 0 Å². The number of thioether (sulfide) groups is 1. The third-order valence-electron chi connectivity index (χ3n) is 2.99. The van der Waals surface area contributed by atoms with Gasteiger partial charge in [-0.1, -0.05) is 29.8 Å². The number of nitrogens with one attached hydrogen (secondary N) is 1. The molecule has 1 aromatic carbocycles. The topological polar surface area (TPSA) is 12.0 Å². The van der Waals surface area contributed by atoms with E-state index in [0.29, 0.717) is 12.1 Å². The molecule has 0 aliphatic carbocycles. The number of aryl methyl sites for hydroxylation is 1. The Hall–Kier alpha value is -0.470. The minimum absolute atomic E-state index is 0.481. The molecule has 1 fully saturated rings. The molecule has 1 aliphatic rings. The van der Waals surface area contributed by atoms with E-state index in [0.717, 1.165) is 0 Å². The Kier molecular flexibility index (Phi) is 3.71. The van der Waals surface area contributed by atoms with E-state index in [2.05, 4.69) is 55.2 Å². The third kappa shape index (κ3) is 2.99. The van der Waals surface area contributed by atoms with Crippen molar-refractivity contribution in [3.05, 3.63) is 35.4 Å². The van der Waals surface area contributed by atoms with E-state index in [4.69, 9.17) is 0 Å². The highest BCUT2D eigenvalue weighted by Gasteiger charge is 2.17. The van der Waals surface area contributed by atoms with Gasteiger partial charge in [-0.15, -0.1) is 0 Å². The molecule has 2 heteroatoms. The van der Waals surface area contributed by atoms with Gasteiger partial charge in [0.2, 0.25) is 0 Å². The Labute approximate surface area is 96.7 Å². The monoisotopic (exact) mass is 221 g/mol. The van der Waals surface area contributed by atoms with Crippen molar-refractivity contribution in [3.8, 4) is 0 Å². The van der Waals surface area contributed by atoms with Gasteiger partial charge in [0.05, 0.1) is 0 Å². The lowest BCUT2D eigenvalue weighted by molar-refractivity contribution is 0.486. The van der Waals surface area contributed by atoms with Crippen LogP contribution in [0.2, 0.25) is 0 Å². The summed E-state index contributed by atoms with van der Waals surface area (Å²) in [6.07, 6.45) is 1.32. The summed E-state index contributed by atoms with van der Waals surface area (Å²) in [6, 6.07) is 10.0. The van der Waals surface area contributed by atoms with E-state index in [1.54, 1.807) is 0 Å². The van der Waals surface area contributed by atoms with Crippen molar-refractivity contribution in [1.82, 2.24) is 5.32 Å². The maximum absolute atomic E-state index is 3.69. The first-order valence-corrected chi connectivity index (χ1v) is 6.81. The Morgan fingerprint density at radius 3 is 2.67 bits per heavy atom. The minimum atomic E-state index is 0.481. The molecule has 2 unspecified atom stereocenters. The maximum atomic E-state index is 3.69. The number of rotatable bonds is 3. The molecule has 2 atom stereocenters. The fourth-order valence-corrected chi connectivity index (χ4v) is 3.14. The van der Waals surface area contributed by atoms with Crippen molar-refractivity contribution < 1.29 is 0 Å². The van der Waals surface area contributed by atoms with Gasteiger partial charge >= 0.3 is 0 Å². The molecule has 15 heavy (non-hydrogen) atoms. The van der Waals surface area contributed by atoms with Gasteiger partial charge in [-0.3, -0.25) is 0 Å². The van der Waals surface area contributed by atoms with Crippen LogP contribution in [-0.2, 0) is 0 Å². The van der Waals surface area contributed by atoms with Crippen LogP contribution in [0.3, 0.4) is 0 Å². The highest BCUT2D eigenvalue weighted by molar-refractivity contribution is 7.99.